The van der Waals surface area contributed by atoms with E-state index in [-0.39, 0.29) is 18.3 Å². The Labute approximate surface area is 149 Å². The monoisotopic (exact) mass is 360 g/mol. The molecule has 1 saturated heterocycles. The third-order valence-corrected chi connectivity index (χ3v) is 4.66. The molecular formula is C17H26Cl2N2O2. The maximum absolute atomic E-state index is 12.1. The molecule has 2 N–H and O–H groups in total. The van der Waals surface area contributed by atoms with Gasteiger partial charge in [-0.2, -0.15) is 0 Å². The van der Waals surface area contributed by atoms with Crippen LogP contribution in [0.5, 0.6) is 5.75 Å². The predicted octanol–water partition coefficient (Wildman–Crippen LogP) is 3.41. The zero-order chi connectivity index (χ0) is 15.9. The fourth-order valence-electron chi connectivity index (χ4n) is 3.00. The fourth-order valence-corrected chi connectivity index (χ4v) is 3.16. The van der Waals surface area contributed by atoms with Gasteiger partial charge < -0.3 is 15.4 Å². The molecule has 1 unspecified atom stereocenters. The molecule has 0 radical (unpaired) electrons. The molecule has 2 rings (SSSR count). The first kappa shape index (κ1) is 20.1. The van der Waals surface area contributed by atoms with E-state index in [1.54, 1.807) is 13.2 Å². The van der Waals surface area contributed by atoms with Crippen LogP contribution in [0, 0.1) is 11.8 Å². The summed E-state index contributed by atoms with van der Waals surface area (Å²) < 4.78 is 5.29. The number of piperidine rings is 1. The lowest BCUT2D eigenvalue weighted by Gasteiger charge is -2.27. The Balaban J connectivity index is 0.00000264. The number of benzene rings is 1. The van der Waals surface area contributed by atoms with Gasteiger partial charge >= 0.3 is 0 Å². The van der Waals surface area contributed by atoms with E-state index in [0.717, 1.165) is 18.7 Å². The average molecular weight is 361 g/mol. The summed E-state index contributed by atoms with van der Waals surface area (Å²) >= 11 is 5.94. The number of rotatable bonds is 6. The quantitative estimate of drug-likeness (QED) is 0.816. The van der Waals surface area contributed by atoms with Gasteiger partial charge in [-0.3, -0.25) is 4.79 Å². The number of carbonyl (C=O) groups is 1. The summed E-state index contributed by atoms with van der Waals surface area (Å²) in [5.41, 5.74) is 0.940. The first-order valence-corrected chi connectivity index (χ1v) is 8.27. The zero-order valence-electron chi connectivity index (χ0n) is 13.7. The lowest BCUT2D eigenvalue weighted by Crippen LogP contribution is -2.33. The van der Waals surface area contributed by atoms with Gasteiger partial charge in [0, 0.05) is 23.6 Å². The molecule has 23 heavy (non-hydrogen) atoms. The minimum absolute atomic E-state index is 0. The van der Waals surface area contributed by atoms with Crippen molar-refractivity contribution in [2.24, 2.45) is 11.8 Å². The summed E-state index contributed by atoms with van der Waals surface area (Å²) in [5, 5.41) is 6.98. The van der Waals surface area contributed by atoms with Crippen molar-refractivity contribution in [1.29, 1.82) is 0 Å². The highest BCUT2D eigenvalue weighted by molar-refractivity contribution is 6.30. The molecule has 1 atom stereocenters. The Morgan fingerprint density at radius 2 is 2.13 bits per heavy atom. The molecule has 0 spiro atoms. The molecule has 1 aliphatic rings. The summed E-state index contributed by atoms with van der Waals surface area (Å²) in [6.07, 6.45) is 2.92. The van der Waals surface area contributed by atoms with E-state index in [1.807, 2.05) is 12.1 Å². The summed E-state index contributed by atoms with van der Waals surface area (Å²) in [4.78, 5) is 12.1. The summed E-state index contributed by atoms with van der Waals surface area (Å²) in [6.45, 7) is 4.79. The van der Waals surface area contributed by atoms with Crippen LogP contribution in [-0.4, -0.2) is 26.1 Å². The van der Waals surface area contributed by atoms with Crippen LogP contribution in [0.15, 0.2) is 18.2 Å². The van der Waals surface area contributed by atoms with Crippen molar-refractivity contribution in [1.82, 2.24) is 10.6 Å². The number of carbonyl (C=O) groups excluding carboxylic acids is 1. The molecule has 1 heterocycles. The lowest BCUT2D eigenvalue weighted by molar-refractivity contribution is -0.122. The van der Waals surface area contributed by atoms with Gasteiger partial charge in [-0.25, -0.2) is 0 Å². The van der Waals surface area contributed by atoms with Crippen LogP contribution in [0.1, 0.15) is 31.7 Å². The molecule has 0 saturated carbocycles. The van der Waals surface area contributed by atoms with Crippen molar-refractivity contribution in [2.45, 2.75) is 32.7 Å². The molecule has 130 valence electrons. The molecule has 1 aliphatic heterocycles. The van der Waals surface area contributed by atoms with Crippen molar-refractivity contribution in [3.05, 3.63) is 28.8 Å². The SMILES string of the molecule is COc1cc(Cl)ccc1CNC(=O)CC(C)C1CCNCC1.Cl. The minimum atomic E-state index is 0. The van der Waals surface area contributed by atoms with Crippen molar-refractivity contribution in [3.8, 4) is 5.75 Å². The highest BCUT2D eigenvalue weighted by atomic mass is 35.5. The number of halogens is 2. The Hall–Kier alpha value is -0.970. The van der Waals surface area contributed by atoms with Gasteiger partial charge in [0.25, 0.3) is 0 Å². The fraction of sp³-hybridized carbons (Fsp3) is 0.588. The molecule has 0 aromatic heterocycles. The highest BCUT2D eigenvalue weighted by Gasteiger charge is 2.21. The third kappa shape index (κ3) is 6.21. The maximum Gasteiger partial charge on any atom is 0.220 e. The van der Waals surface area contributed by atoms with Crippen LogP contribution in [0.3, 0.4) is 0 Å². The Morgan fingerprint density at radius 1 is 1.43 bits per heavy atom. The third-order valence-electron chi connectivity index (χ3n) is 4.42. The number of methoxy groups -OCH3 is 1. The van der Waals surface area contributed by atoms with Crippen LogP contribution in [0.2, 0.25) is 5.02 Å². The second-order valence-electron chi connectivity index (χ2n) is 6.00. The van der Waals surface area contributed by atoms with Crippen molar-refractivity contribution >= 4 is 29.9 Å². The number of nitrogens with one attached hydrogen (secondary N) is 2. The normalized spacial score (nSPS) is 16.3. The first-order chi connectivity index (χ1) is 10.6. The van der Waals surface area contributed by atoms with Crippen LogP contribution < -0.4 is 15.4 Å². The van der Waals surface area contributed by atoms with E-state index in [4.69, 9.17) is 16.3 Å². The van der Waals surface area contributed by atoms with Gasteiger partial charge in [0.1, 0.15) is 5.75 Å². The molecule has 4 nitrogen and oxygen atoms in total. The molecule has 6 heteroatoms. The lowest BCUT2D eigenvalue weighted by atomic mass is 9.84. The summed E-state index contributed by atoms with van der Waals surface area (Å²) in [5.74, 6) is 1.88. The van der Waals surface area contributed by atoms with E-state index in [9.17, 15) is 4.79 Å². The van der Waals surface area contributed by atoms with E-state index < -0.39 is 0 Å². The van der Waals surface area contributed by atoms with E-state index in [1.165, 1.54) is 12.8 Å². The zero-order valence-corrected chi connectivity index (χ0v) is 15.3. The number of hydrogen-bond acceptors (Lipinski definition) is 3. The molecule has 1 aromatic carbocycles. The smallest absolute Gasteiger partial charge is 0.220 e. The Bertz CT molecular complexity index is 505. The van der Waals surface area contributed by atoms with Gasteiger partial charge in [0.05, 0.1) is 7.11 Å². The molecule has 1 aromatic rings. The van der Waals surface area contributed by atoms with Crippen molar-refractivity contribution in [3.63, 3.8) is 0 Å². The molecule has 1 amide bonds. The predicted molar refractivity (Wildman–Crippen MR) is 96.5 cm³/mol. The van der Waals surface area contributed by atoms with Crippen LogP contribution in [0.25, 0.3) is 0 Å². The highest BCUT2D eigenvalue weighted by Crippen LogP contribution is 2.25. The van der Waals surface area contributed by atoms with Crippen LogP contribution in [0.4, 0.5) is 0 Å². The molecule has 1 fully saturated rings. The van der Waals surface area contributed by atoms with Gasteiger partial charge in [-0.05, 0) is 49.9 Å². The van der Waals surface area contributed by atoms with Gasteiger partial charge in [0.2, 0.25) is 5.91 Å². The van der Waals surface area contributed by atoms with Crippen LogP contribution in [-0.2, 0) is 11.3 Å². The summed E-state index contributed by atoms with van der Waals surface area (Å²) in [6, 6.07) is 5.46. The van der Waals surface area contributed by atoms with E-state index in [0.29, 0.717) is 35.6 Å². The summed E-state index contributed by atoms with van der Waals surface area (Å²) in [7, 11) is 1.61. The first-order valence-electron chi connectivity index (χ1n) is 7.90. The average Bonchev–Trinajstić information content (AvgIpc) is 2.54. The second kappa shape index (κ2) is 10.0. The Morgan fingerprint density at radius 3 is 2.78 bits per heavy atom. The number of ether oxygens (including phenoxy) is 1. The van der Waals surface area contributed by atoms with Gasteiger partial charge in [-0.1, -0.05) is 24.6 Å². The second-order valence-corrected chi connectivity index (χ2v) is 6.44. The number of hydrogen-bond donors (Lipinski definition) is 2. The van der Waals surface area contributed by atoms with Crippen LogP contribution >= 0.6 is 24.0 Å². The molecule has 0 bridgehead atoms. The standard InChI is InChI=1S/C17H25ClN2O2.ClH/c1-12(13-5-7-19-8-6-13)9-17(21)20-11-14-3-4-15(18)10-16(14)22-2;/h3-4,10,12-13,19H,5-9,11H2,1-2H3,(H,20,21);1H. The van der Waals surface area contributed by atoms with Gasteiger partial charge in [-0.15, -0.1) is 12.4 Å². The Kier molecular flexibility index (Phi) is 8.74. The van der Waals surface area contributed by atoms with E-state index in [2.05, 4.69) is 17.6 Å². The maximum atomic E-state index is 12.1. The molecule has 0 aliphatic carbocycles. The number of amides is 1. The van der Waals surface area contributed by atoms with Crippen molar-refractivity contribution < 1.29 is 9.53 Å². The largest absolute Gasteiger partial charge is 0.496 e. The van der Waals surface area contributed by atoms with Crippen molar-refractivity contribution in [2.75, 3.05) is 20.2 Å². The van der Waals surface area contributed by atoms with Gasteiger partial charge in [0.15, 0.2) is 0 Å². The minimum Gasteiger partial charge on any atom is -0.496 e. The van der Waals surface area contributed by atoms with E-state index >= 15 is 0 Å². The molecular weight excluding hydrogens is 335 g/mol. The topological polar surface area (TPSA) is 50.4 Å².